The topological polar surface area (TPSA) is 30.5 Å². The van der Waals surface area contributed by atoms with Crippen LogP contribution in [0.4, 0.5) is 4.39 Å². The van der Waals surface area contributed by atoms with Gasteiger partial charge in [-0.25, -0.2) is 4.39 Å². The fraction of sp³-hybridized carbons (Fsp3) is 0.520. The molecule has 0 saturated carbocycles. The van der Waals surface area contributed by atoms with E-state index < -0.39 is 0 Å². The second-order valence-corrected chi connectivity index (χ2v) is 8.36. The standard InChI is InChI=1S/C25H37FN4/c1-22-4-6-23(7-5-22)20-27-12-2-14-29-16-18-30(19-17-29)15-3-13-28-21-24-8-10-25(26)11-9-24/h4-11,27-28H,2-3,12-21H2,1H3. The molecule has 1 aliphatic rings. The van der Waals surface area contributed by atoms with E-state index in [1.807, 2.05) is 12.1 Å². The van der Waals surface area contributed by atoms with Gasteiger partial charge in [-0.3, -0.25) is 0 Å². The van der Waals surface area contributed by atoms with Gasteiger partial charge in [0, 0.05) is 39.3 Å². The minimum Gasteiger partial charge on any atom is -0.313 e. The van der Waals surface area contributed by atoms with Gasteiger partial charge >= 0.3 is 0 Å². The van der Waals surface area contributed by atoms with Crippen molar-refractivity contribution in [3.8, 4) is 0 Å². The highest BCUT2D eigenvalue weighted by Crippen LogP contribution is 2.05. The predicted octanol–water partition coefficient (Wildman–Crippen LogP) is 3.41. The van der Waals surface area contributed by atoms with Crippen molar-refractivity contribution in [3.63, 3.8) is 0 Å². The van der Waals surface area contributed by atoms with Gasteiger partial charge in [-0.05, 0) is 69.2 Å². The highest BCUT2D eigenvalue weighted by molar-refractivity contribution is 5.21. The normalized spacial score (nSPS) is 15.5. The van der Waals surface area contributed by atoms with Gasteiger partial charge in [0.2, 0.25) is 0 Å². The van der Waals surface area contributed by atoms with Crippen LogP contribution in [0.1, 0.15) is 29.5 Å². The zero-order valence-electron chi connectivity index (χ0n) is 18.4. The largest absolute Gasteiger partial charge is 0.313 e. The molecular weight excluding hydrogens is 375 g/mol. The van der Waals surface area contributed by atoms with Crippen molar-refractivity contribution in [1.29, 1.82) is 0 Å². The Kier molecular flexibility index (Phi) is 9.77. The molecule has 0 unspecified atom stereocenters. The third kappa shape index (κ3) is 8.52. The maximum absolute atomic E-state index is 12.9. The van der Waals surface area contributed by atoms with Crippen molar-refractivity contribution < 1.29 is 4.39 Å². The van der Waals surface area contributed by atoms with Crippen LogP contribution in [0.5, 0.6) is 0 Å². The molecular formula is C25H37FN4. The van der Waals surface area contributed by atoms with Gasteiger partial charge < -0.3 is 20.4 Å². The Morgan fingerprint density at radius 2 is 1.13 bits per heavy atom. The number of benzene rings is 2. The monoisotopic (exact) mass is 412 g/mol. The predicted molar refractivity (Wildman–Crippen MR) is 123 cm³/mol. The first-order chi connectivity index (χ1) is 14.7. The summed E-state index contributed by atoms with van der Waals surface area (Å²) < 4.78 is 12.9. The molecule has 1 aliphatic heterocycles. The lowest BCUT2D eigenvalue weighted by atomic mass is 10.1. The fourth-order valence-electron chi connectivity index (χ4n) is 3.87. The Balaban J connectivity index is 1.16. The van der Waals surface area contributed by atoms with Crippen molar-refractivity contribution in [1.82, 2.24) is 20.4 Å². The van der Waals surface area contributed by atoms with E-state index >= 15 is 0 Å². The van der Waals surface area contributed by atoms with E-state index in [9.17, 15) is 4.39 Å². The van der Waals surface area contributed by atoms with Crippen molar-refractivity contribution in [3.05, 3.63) is 71.0 Å². The van der Waals surface area contributed by atoms with Crippen LogP contribution < -0.4 is 10.6 Å². The summed E-state index contributed by atoms with van der Waals surface area (Å²) in [6, 6.07) is 15.5. The van der Waals surface area contributed by atoms with Gasteiger partial charge in [-0.1, -0.05) is 42.0 Å². The summed E-state index contributed by atoms with van der Waals surface area (Å²) in [6.45, 7) is 13.0. The van der Waals surface area contributed by atoms with E-state index in [4.69, 9.17) is 0 Å². The van der Waals surface area contributed by atoms with Crippen LogP contribution in [0.2, 0.25) is 0 Å². The lowest BCUT2D eigenvalue weighted by Gasteiger charge is -2.34. The van der Waals surface area contributed by atoms with E-state index in [2.05, 4.69) is 51.6 Å². The number of rotatable bonds is 12. The van der Waals surface area contributed by atoms with Gasteiger partial charge in [-0.2, -0.15) is 0 Å². The molecule has 5 heteroatoms. The van der Waals surface area contributed by atoms with Crippen LogP contribution in [0.3, 0.4) is 0 Å². The summed E-state index contributed by atoms with van der Waals surface area (Å²) in [6.07, 6.45) is 2.36. The molecule has 0 atom stereocenters. The summed E-state index contributed by atoms with van der Waals surface area (Å²) in [7, 11) is 0. The Bertz CT molecular complexity index is 645. The van der Waals surface area contributed by atoms with E-state index in [0.29, 0.717) is 0 Å². The van der Waals surface area contributed by atoms with Crippen LogP contribution in [-0.4, -0.2) is 62.2 Å². The third-order valence-corrected chi connectivity index (χ3v) is 5.81. The number of hydrogen-bond donors (Lipinski definition) is 2. The molecule has 4 nitrogen and oxygen atoms in total. The summed E-state index contributed by atoms with van der Waals surface area (Å²) in [5.41, 5.74) is 3.82. The molecule has 2 aromatic rings. The number of aryl methyl sites for hydroxylation is 1. The number of halogens is 1. The molecule has 2 N–H and O–H groups in total. The molecule has 0 spiro atoms. The first-order valence-electron chi connectivity index (χ1n) is 11.4. The molecule has 0 amide bonds. The minimum absolute atomic E-state index is 0.170. The van der Waals surface area contributed by atoms with Gasteiger partial charge in [0.25, 0.3) is 0 Å². The maximum atomic E-state index is 12.9. The molecule has 0 radical (unpaired) electrons. The Morgan fingerprint density at radius 1 is 0.700 bits per heavy atom. The molecule has 1 heterocycles. The first kappa shape index (κ1) is 22.9. The smallest absolute Gasteiger partial charge is 0.123 e. The van der Waals surface area contributed by atoms with Gasteiger partial charge in [0.15, 0.2) is 0 Å². The van der Waals surface area contributed by atoms with Crippen LogP contribution in [-0.2, 0) is 13.1 Å². The van der Waals surface area contributed by atoms with Crippen molar-refractivity contribution in [2.45, 2.75) is 32.9 Å². The molecule has 0 bridgehead atoms. The van der Waals surface area contributed by atoms with Crippen molar-refractivity contribution in [2.75, 3.05) is 52.4 Å². The average Bonchev–Trinajstić information content (AvgIpc) is 2.77. The number of nitrogens with zero attached hydrogens (tertiary/aromatic N) is 2. The van der Waals surface area contributed by atoms with Crippen LogP contribution in [0.15, 0.2) is 48.5 Å². The second-order valence-electron chi connectivity index (χ2n) is 8.36. The van der Waals surface area contributed by atoms with Gasteiger partial charge in [-0.15, -0.1) is 0 Å². The van der Waals surface area contributed by atoms with Gasteiger partial charge in [0.05, 0.1) is 0 Å². The summed E-state index contributed by atoms with van der Waals surface area (Å²) in [5.74, 6) is -0.170. The number of nitrogens with one attached hydrogen (secondary N) is 2. The quantitative estimate of drug-likeness (QED) is 0.523. The van der Waals surface area contributed by atoms with E-state index in [1.54, 1.807) is 0 Å². The molecule has 1 saturated heterocycles. The summed E-state index contributed by atoms with van der Waals surface area (Å²) >= 11 is 0. The Labute approximate surface area is 181 Å². The Hall–Kier alpha value is -1.79. The number of piperazine rings is 1. The van der Waals surface area contributed by atoms with Crippen LogP contribution in [0, 0.1) is 12.7 Å². The average molecular weight is 413 g/mol. The first-order valence-corrected chi connectivity index (χ1v) is 11.4. The van der Waals surface area contributed by atoms with E-state index in [-0.39, 0.29) is 5.82 Å². The molecule has 0 aromatic heterocycles. The molecule has 2 aromatic carbocycles. The van der Waals surface area contributed by atoms with Crippen LogP contribution in [0.25, 0.3) is 0 Å². The van der Waals surface area contributed by atoms with Gasteiger partial charge in [0.1, 0.15) is 5.82 Å². The SMILES string of the molecule is Cc1ccc(CNCCCN2CCN(CCCNCc3ccc(F)cc3)CC2)cc1. The highest BCUT2D eigenvalue weighted by atomic mass is 19.1. The maximum Gasteiger partial charge on any atom is 0.123 e. The minimum atomic E-state index is -0.170. The lowest BCUT2D eigenvalue weighted by molar-refractivity contribution is 0.130. The molecule has 30 heavy (non-hydrogen) atoms. The molecule has 164 valence electrons. The summed E-state index contributed by atoms with van der Waals surface area (Å²) in [5, 5.41) is 7.02. The Morgan fingerprint density at radius 3 is 1.60 bits per heavy atom. The molecule has 0 aliphatic carbocycles. The van der Waals surface area contributed by atoms with Crippen molar-refractivity contribution in [2.24, 2.45) is 0 Å². The molecule has 3 rings (SSSR count). The van der Waals surface area contributed by atoms with E-state index in [0.717, 1.165) is 44.7 Å². The van der Waals surface area contributed by atoms with Crippen molar-refractivity contribution >= 4 is 0 Å². The number of hydrogen-bond acceptors (Lipinski definition) is 4. The summed E-state index contributed by atoms with van der Waals surface area (Å²) in [4.78, 5) is 5.17. The zero-order valence-corrected chi connectivity index (χ0v) is 18.4. The van der Waals surface area contributed by atoms with Crippen LogP contribution >= 0.6 is 0 Å². The fourth-order valence-corrected chi connectivity index (χ4v) is 3.87. The molecule has 1 fully saturated rings. The lowest BCUT2D eigenvalue weighted by Crippen LogP contribution is -2.47. The zero-order chi connectivity index (χ0) is 21.0. The third-order valence-electron chi connectivity index (χ3n) is 5.81. The van der Waals surface area contributed by atoms with E-state index in [1.165, 1.54) is 62.4 Å². The second kappa shape index (κ2) is 12.8. The highest BCUT2D eigenvalue weighted by Gasteiger charge is 2.15.